The van der Waals surface area contributed by atoms with Crippen LogP contribution in [0.3, 0.4) is 0 Å². The number of nitrogens with one attached hydrogen (secondary N) is 4. The van der Waals surface area contributed by atoms with Crippen LogP contribution in [0.5, 0.6) is 0 Å². The number of fused-ring (bicyclic) bond motifs is 1. The van der Waals surface area contributed by atoms with Gasteiger partial charge < -0.3 is 26.2 Å². The Hall–Kier alpha value is -2.96. The number of rotatable bonds is 14. The summed E-state index contributed by atoms with van der Waals surface area (Å²) in [5, 5.41) is 11.6. The predicted octanol–water partition coefficient (Wildman–Crippen LogP) is 3.93. The van der Waals surface area contributed by atoms with E-state index in [0.717, 1.165) is 63.4 Å². The Bertz CT molecular complexity index is 1510. The molecule has 13 heteroatoms. The van der Waals surface area contributed by atoms with Crippen molar-refractivity contribution in [2.75, 3.05) is 12.3 Å². The first-order valence-electron chi connectivity index (χ1n) is 19.2. The molecule has 5 aliphatic rings. The third kappa shape index (κ3) is 9.35. The highest BCUT2D eigenvalue weighted by Crippen LogP contribution is 2.55. The average molecular weight is 732 g/mol. The van der Waals surface area contributed by atoms with Crippen LogP contribution < -0.4 is 21.3 Å². The maximum atomic E-state index is 14.5. The van der Waals surface area contributed by atoms with Crippen LogP contribution in [0.4, 0.5) is 4.79 Å². The summed E-state index contributed by atoms with van der Waals surface area (Å²) in [5.41, 5.74) is -0.595. The summed E-state index contributed by atoms with van der Waals surface area (Å²) in [5.74, 6) is -2.09. The molecule has 4 saturated carbocycles. The van der Waals surface area contributed by atoms with Crippen molar-refractivity contribution in [2.45, 2.75) is 160 Å². The normalized spacial score (nSPS) is 26.5. The molecule has 5 fully saturated rings. The van der Waals surface area contributed by atoms with Gasteiger partial charge in [0.25, 0.3) is 5.91 Å². The summed E-state index contributed by atoms with van der Waals surface area (Å²) >= 11 is 0. The van der Waals surface area contributed by atoms with E-state index in [1.165, 1.54) is 0 Å². The second-order valence-corrected chi connectivity index (χ2v) is 20.7. The number of Topliss-reactive ketones (excluding diaryl/α,β-unsaturated/α-hetero) is 1. The molecular formula is C38H61N5O7S. The average Bonchev–Trinajstić information content (AvgIpc) is 3.97. The van der Waals surface area contributed by atoms with Crippen molar-refractivity contribution < 1.29 is 32.4 Å². The highest BCUT2D eigenvalue weighted by molar-refractivity contribution is 7.92. The Kier molecular flexibility index (Phi) is 11.4. The molecule has 0 aromatic rings. The van der Waals surface area contributed by atoms with Gasteiger partial charge in [0.2, 0.25) is 17.6 Å². The molecule has 0 aromatic carbocycles. The number of sulfone groups is 1. The molecule has 5 rings (SSSR count). The first-order chi connectivity index (χ1) is 23.8. The predicted molar refractivity (Wildman–Crippen MR) is 195 cm³/mol. The van der Waals surface area contributed by atoms with Gasteiger partial charge in [-0.05, 0) is 77.0 Å². The maximum absolute atomic E-state index is 14.5. The summed E-state index contributed by atoms with van der Waals surface area (Å²) in [6, 6.07) is -3.50. The first kappa shape index (κ1) is 39.3. The minimum Gasteiger partial charge on any atom is -0.347 e. The number of likely N-dealkylation sites (tertiary alicyclic amines) is 1. The van der Waals surface area contributed by atoms with E-state index in [-0.39, 0.29) is 23.6 Å². The van der Waals surface area contributed by atoms with Crippen LogP contribution in [-0.4, -0.2) is 89.6 Å². The molecule has 4 N–H and O–H groups in total. The fourth-order valence-corrected chi connectivity index (χ4v) is 9.39. The van der Waals surface area contributed by atoms with Gasteiger partial charge >= 0.3 is 6.03 Å². The van der Waals surface area contributed by atoms with E-state index in [1.807, 2.05) is 27.7 Å². The molecule has 0 aromatic heterocycles. The number of piperidine rings is 1. The molecule has 51 heavy (non-hydrogen) atoms. The van der Waals surface area contributed by atoms with Crippen molar-refractivity contribution >= 4 is 39.4 Å². The van der Waals surface area contributed by atoms with Gasteiger partial charge in [-0.3, -0.25) is 19.2 Å². The second kappa shape index (κ2) is 14.8. The van der Waals surface area contributed by atoms with Crippen molar-refractivity contribution in [2.24, 2.45) is 23.2 Å². The number of carbonyl (C=O) groups is 5. The van der Waals surface area contributed by atoms with Gasteiger partial charge in [0.1, 0.15) is 12.1 Å². The van der Waals surface area contributed by atoms with Crippen LogP contribution in [0.15, 0.2) is 11.6 Å². The lowest BCUT2D eigenvalue weighted by atomic mass is 9.83. The number of urea groups is 1. The van der Waals surface area contributed by atoms with E-state index in [0.29, 0.717) is 31.7 Å². The van der Waals surface area contributed by atoms with E-state index >= 15 is 0 Å². The molecule has 286 valence electrons. The zero-order chi connectivity index (χ0) is 37.5. The Labute approximate surface area is 304 Å². The summed E-state index contributed by atoms with van der Waals surface area (Å²) in [6.45, 7) is 12.8. The zero-order valence-electron chi connectivity index (χ0n) is 31.7. The molecule has 5 atom stereocenters. The molecule has 0 radical (unpaired) electrons. The first-order valence-corrected chi connectivity index (χ1v) is 20.9. The van der Waals surface area contributed by atoms with Crippen molar-refractivity contribution in [3.05, 3.63) is 11.6 Å². The number of amides is 5. The molecule has 0 spiro atoms. The van der Waals surface area contributed by atoms with E-state index in [2.05, 4.69) is 27.3 Å². The number of hydrogen-bond donors (Lipinski definition) is 4. The highest BCUT2D eigenvalue weighted by atomic mass is 32.2. The minimum atomic E-state index is -3.56. The lowest BCUT2D eigenvalue weighted by Gasteiger charge is -2.41. The number of hydrogen-bond acceptors (Lipinski definition) is 7. The highest BCUT2D eigenvalue weighted by Gasteiger charge is 2.62. The molecule has 1 heterocycles. The number of ketones is 1. The smallest absolute Gasteiger partial charge is 0.315 e. The number of allylic oxidation sites excluding steroid dienone is 1. The fourth-order valence-electron chi connectivity index (χ4n) is 7.87. The van der Waals surface area contributed by atoms with Crippen molar-refractivity contribution in [1.29, 1.82) is 0 Å². The Morgan fingerprint density at radius 2 is 1.59 bits per heavy atom. The topological polar surface area (TPSA) is 171 Å². The van der Waals surface area contributed by atoms with Gasteiger partial charge in [-0.2, -0.15) is 0 Å². The summed E-state index contributed by atoms with van der Waals surface area (Å²) in [4.78, 5) is 70.3. The van der Waals surface area contributed by atoms with Gasteiger partial charge in [0.05, 0.1) is 22.1 Å². The van der Waals surface area contributed by atoms with Gasteiger partial charge in [0, 0.05) is 24.4 Å². The molecule has 0 bridgehead atoms. The lowest BCUT2D eigenvalue weighted by Crippen LogP contribution is -2.64. The van der Waals surface area contributed by atoms with Crippen molar-refractivity contribution in [3.8, 4) is 0 Å². The number of nitrogens with zero attached hydrogens (tertiary/aromatic N) is 1. The van der Waals surface area contributed by atoms with Gasteiger partial charge in [-0.15, -0.1) is 0 Å². The van der Waals surface area contributed by atoms with E-state index in [1.54, 1.807) is 25.7 Å². The third-order valence-corrected chi connectivity index (χ3v) is 14.3. The maximum Gasteiger partial charge on any atom is 0.315 e. The molecule has 1 aliphatic heterocycles. The fraction of sp³-hybridized carbons (Fsp3) is 0.816. The van der Waals surface area contributed by atoms with Gasteiger partial charge in [-0.25, -0.2) is 13.2 Å². The lowest BCUT2D eigenvalue weighted by molar-refractivity contribution is -0.144. The van der Waals surface area contributed by atoms with Crippen LogP contribution in [0.1, 0.15) is 126 Å². The molecular weight excluding hydrogens is 671 g/mol. The van der Waals surface area contributed by atoms with Gasteiger partial charge in [0.15, 0.2) is 9.84 Å². The summed E-state index contributed by atoms with van der Waals surface area (Å²) in [6.07, 6.45) is 11.4. The van der Waals surface area contributed by atoms with Crippen molar-refractivity contribution in [3.63, 3.8) is 0 Å². The molecule has 1 saturated heterocycles. The van der Waals surface area contributed by atoms with E-state index < -0.39 is 73.2 Å². The van der Waals surface area contributed by atoms with Crippen LogP contribution >= 0.6 is 0 Å². The SMILES string of the molecule is CCC=C1C2CN(C(=O)C(NC(=O)NC3(CS(=O)(=O)C(C)(C)C)CCCCC3)C(C)(C)C)C(C(=O)NC(CCC3CC3)C(=O)C(=O)NC3CC3)C12. The standard InChI is InChI=1S/C38H61N5O7S/c1-8-12-25-26-21-43(29(28(25)26)32(45)40-27(18-15-23-13-14-23)30(44)33(46)39-24-16-17-24)34(47)31(36(2,3)4)41-35(48)42-38(19-10-9-11-20-38)22-51(49,50)37(5,6)7/h12,23-24,26-29,31H,8-11,13-22H2,1-7H3,(H,39,46)(H,40,45)(H2,41,42,48). The molecule has 4 aliphatic carbocycles. The number of carbonyl (C=O) groups excluding carboxylic acids is 5. The van der Waals surface area contributed by atoms with E-state index in [9.17, 15) is 32.4 Å². The van der Waals surface area contributed by atoms with Crippen LogP contribution in [-0.2, 0) is 29.0 Å². The van der Waals surface area contributed by atoms with Crippen molar-refractivity contribution in [1.82, 2.24) is 26.2 Å². The Morgan fingerprint density at radius 1 is 0.941 bits per heavy atom. The van der Waals surface area contributed by atoms with Crippen LogP contribution in [0.25, 0.3) is 0 Å². The third-order valence-electron chi connectivity index (χ3n) is 11.5. The quantitative estimate of drug-likeness (QED) is 0.155. The molecule has 5 amide bonds. The van der Waals surface area contributed by atoms with Crippen LogP contribution in [0.2, 0.25) is 0 Å². The summed E-state index contributed by atoms with van der Waals surface area (Å²) in [7, 11) is -3.56. The Balaban J connectivity index is 1.35. The molecule has 5 unspecified atom stereocenters. The minimum absolute atomic E-state index is 0.00554. The second-order valence-electron chi connectivity index (χ2n) is 18.0. The van der Waals surface area contributed by atoms with E-state index in [4.69, 9.17) is 0 Å². The zero-order valence-corrected chi connectivity index (χ0v) is 32.5. The van der Waals surface area contributed by atoms with Gasteiger partial charge in [-0.1, -0.05) is 71.4 Å². The summed E-state index contributed by atoms with van der Waals surface area (Å²) < 4.78 is 25.7. The Morgan fingerprint density at radius 3 is 2.14 bits per heavy atom. The molecule has 12 nitrogen and oxygen atoms in total. The monoisotopic (exact) mass is 731 g/mol. The largest absolute Gasteiger partial charge is 0.347 e. The van der Waals surface area contributed by atoms with Crippen LogP contribution in [0, 0.1) is 23.2 Å².